The van der Waals surface area contributed by atoms with Crippen LogP contribution in [0.1, 0.15) is 29.2 Å². The molecule has 0 aliphatic carbocycles. The Balaban J connectivity index is 2.21. The Morgan fingerprint density at radius 3 is 2.50 bits per heavy atom. The van der Waals surface area contributed by atoms with E-state index in [4.69, 9.17) is 12.6 Å². The maximum atomic E-state index is 12.9. The SMILES string of the molecule is CO[I-]N=C(C(=O)OC)c1ccccc1CO/N=C(\C)c1cccc(C(F)(F)F)c1. The van der Waals surface area contributed by atoms with Crippen LogP contribution in [0.5, 0.6) is 0 Å². The molecule has 0 saturated carbocycles. The van der Waals surface area contributed by atoms with Crippen molar-refractivity contribution in [2.75, 3.05) is 14.2 Å². The number of hydrogen-bond acceptors (Lipinski definition) is 6. The number of hydrogen-bond donors (Lipinski definition) is 0. The molecular formula is C20H19F3IN2O4-. The summed E-state index contributed by atoms with van der Waals surface area (Å²) < 4.78 is 52.6. The van der Waals surface area contributed by atoms with Crippen LogP contribution in [-0.4, -0.2) is 31.6 Å². The van der Waals surface area contributed by atoms with Crippen LogP contribution in [0.2, 0.25) is 0 Å². The van der Waals surface area contributed by atoms with Gasteiger partial charge in [0, 0.05) is 0 Å². The third-order valence-corrected chi connectivity index (χ3v) is 4.94. The van der Waals surface area contributed by atoms with Gasteiger partial charge in [-0.05, 0) is 0 Å². The van der Waals surface area contributed by atoms with Crippen LogP contribution >= 0.6 is 0 Å². The molecule has 2 aromatic rings. The van der Waals surface area contributed by atoms with Crippen LogP contribution in [0.4, 0.5) is 13.2 Å². The Morgan fingerprint density at radius 1 is 1.10 bits per heavy atom. The molecule has 6 nitrogen and oxygen atoms in total. The molecule has 0 N–H and O–H groups in total. The molecule has 0 saturated heterocycles. The van der Waals surface area contributed by atoms with Gasteiger partial charge in [0.25, 0.3) is 0 Å². The minimum absolute atomic E-state index is 0.0200. The zero-order valence-corrected chi connectivity index (χ0v) is 18.5. The van der Waals surface area contributed by atoms with E-state index in [2.05, 4.69) is 8.36 Å². The number of benzene rings is 2. The number of halogens is 4. The van der Waals surface area contributed by atoms with Crippen molar-refractivity contribution in [2.24, 2.45) is 8.36 Å². The summed E-state index contributed by atoms with van der Waals surface area (Å²) in [6.07, 6.45) is -4.44. The predicted molar refractivity (Wildman–Crippen MR) is 100 cm³/mol. The molecule has 0 radical (unpaired) electrons. The van der Waals surface area contributed by atoms with Crippen molar-refractivity contribution in [1.82, 2.24) is 0 Å². The molecule has 0 aliphatic rings. The van der Waals surface area contributed by atoms with Gasteiger partial charge in [0.05, 0.1) is 0 Å². The summed E-state index contributed by atoms with van der Waals surface area (Å²) in [5.41, 5.74) is 1.05. The van der Waals surface area contributed by atoms with Crippen molar-refractivity contribution in [2.45, 2.75) is 19.7 Å². The Hall–Kier alpha value is -2.47. The summed E-state index contributed by atoms with van der Waals surface area (Å²) in [6.45, 7) is 1.53. The molecule has 0 aliphatic heterocycles. The first-order valence-electron chi connectivity index (χ1n) is 8.54. The number of ether oxygens (including phenoxy) is 1. The maximum absolute atomic E-state index is 12.9. The number of carbonyl (C=O) groups is 1. The fourth-order valence-electron chi connectivity index (χ4n) is 2.40. The van der Waals surface area contributed by atoms with Gasteiger partial charge in [-0.3, -0.25) is 0 Å². The topological polar surface area (TPSA) is 69.5 Å². The number of carbonyl (C=O) groups excluding carboxylic acids is 1. The molecule has 0 aromatic heterocycles. The van der Waals surface area contributed by atoms with Gasteiger partial charge in [0.1, 0.15) is 0 Å². The van der Waals surface area contributed by atoms with Gasteiger partial charge < -0.3 is 0 Å². The molecule has 0 spiro atoms. The van der Waals surface area contributed by atoms with Crippen molar-refractivity contribution in [3.05, 3.63) is 70.8 Å². The molecule has 30 heavy (non-hydrogen) atoms. The Morgan fingerprint density at radius 2 is 1.83 bits per heavy atom. The molecule has 2 rings (SSSR count). The number of nitrogens with zero attached hydrogens (tertiary/aromatic N) is 2. The fourth-order valence-corrected chi connectivity index (χ4v) is 3.26. The Labute approximate surface area is 182 Å². The Kier molecular flexibility index (Phi) is 8.78. The van der Waals surface area contributed by atoms with Crippen LogP contribution in [0.15, 0.2) is 56.9 Å². The molecule has 10 heteroatoms. The standard InChI is InChI=1S/C20H19F3IN2O4/c1-13(14-8-6-9-16(11-14)20(21,22)23)26-30-12-15-7-4-5-10-17(15)18(19(27)28-2)25-24-29-3/h4-11H,12H2,1-3H3/q-1/b25-18?,26-13+. The summed E-state index contributed by atoms with van der Waals surface area (Å²) in [4.78, 5) is 17.4. The van der Waals surface area contributed by atoms with E-state index in [0.29, 0.717) is 16.7 Å². The summed E-state index contributed by atoms with van der Waals surface area (Å²) in [6, 6.07) is 11.7. The molecular weight excluding hydrogens is 516 g/mol. The monoisotopic (exact) mass is 535 g/mol. The number of oxime groups is 1. The first-order chi connectivity index (χ1) is 14.3. The van der Waals surface area contributed by atoms with Crippen LogP contribution < -0.4 is 21.9 Å². The number of methoxy groups -OCH3 is 1. The minimum atomic E-state index is -4.44. The van der Waals surface area contributed by atoms with E-state index in [1.165, 1.54) is 26.4 Å². The second-order valence-electron chi connectivity index (χ2n) is 5.83. The normalized spacial score (nSPS) is 12.7. The molecule has 0 amide bonds. The quantitative estimate of drug-likeness (QED) is 0.221. The number of alkyl halides is 3. The summed E-state index contributed by atoms with van der Waals surface area (Å²) in [5, 5.41) is 3.92. The van der Waals surface area contributed by atoms with Crippen molar-refractivity contribution in [3.8, 4) is 0 Å². The van der Waals surface area contributed by atoms with E-state index >= 15 is 0 Å². The van der Waals surface area contributed by atoms with Crippen molar-refractivity contribution in [3.63, 3.8) is 0 Å². The molecule has 2 aromatic carbocycles. The molecule has 0 unspecified atom stereocenters. The Bertz CT molecular complexity index is 946. The second kappa shape index (κ2) is 11.1. The van der Waals surface area contributed by atoms with Crippen molar-refractivity contribution < 1.29 is 52.5 Å². The van der Waals surface area contributed by atoms with E-state index in [1.54, 1.807) is 31.2 Å². The van der Waals surface area contributed by atoms with Crippen LogP contribution in [0.25, 0.3) is 0 Å². The summed E-state index contributed by atoms with van der Waals surface area (Å²) in [7, 11) is 2.75. The van der Waals surface area contributed by atoms with Gasteiger partial charge in [0.15, 0.2) is 0 Å². The average molecular weight is 535 g/mol. The molecule has 162 valence electrons. The van der Waals surface area contributed by atoms with E-state index in [9.17, 15) is 18.0 Å². The fraction of sp³-hybridized carbons (Fsp3) is 0.250. The summed E-state index contributed by atoms with van der Waals surface area (Å²) in [5.74, 6) is -0.608. The molecule has 0 atom stereocenters. The van der Waals surface area contributed by atoms with E-state index < -0.39 is 39.6 Å². The van der Waals surface area contributed by atoms with Gasteiger partial charge in [-0.25, -0.2) is 0 Å². The van der Waals surface area contributed by atoms with E-state index in [0.717, 1.165) is 12.1 Å². The van der Waals surface area contributed by atoms with Crippen molar-refractivity contribution >= 4 is 17.4 Å². The van der Waals surface area contributed by atoms with Gasteiger partial charge in [-0.1, -0.05) is 0 Å². The first-order valence-corrected chi connectivity index (χ1v) is 10.4. The van der Waals surface area contributed by atoms with Gasteiger partial charge in [-0.2, -0.15) is 13.2 Å². The van der Waals surface area contributed by atoms with Gasteiger partial charge in [0.2, 0.25) is 0 Å². The predicted octanol–water partition coefficient (Wildman–Crippen LogP) is 1.17. The second-order valence-corrected chi connectivity index (χ2v) is 7.59. The van der Waals surface area contributed by atoms with Crippen LogP contribution in [0, 0.1) is 0 Å². The average Bonchev–Trinajstić information content (AvgIpc) is 2.74. The number of esters is 1. The van der Waals surface area contributed by atoms with Crippen LogP contribution in [0.3, 0.4) is 0 Å². The van der Waals surface area contributed by atoms with Gasteiger partial charge in [-0.15, -0.1) is 0 Å². The number of rotatable bonds is 8. The third-order valence-electron chi connectivity index (χ3n) is 3.87. The zero-order valence-electron chi connectivity index (χ0n) is 16.4. The van der Waals surface area contributed by atoms with Gasteiger partial charge >= 0.3 is 170 Å². The van der Waals surface area contributed by atoms with E-state index in [1.807, 2.05) is 0 Å². The van der Waals surface area contributed by atoms with E-state index in [-0.39, 0.29) is 18.0 Å². The molecule has 0 fully saturated rings. The third kappa shape index (κ3) is 6.52. The zero-order chi connectivity index (χ0) is 22.1. The first kappa shape index (κ1) is 23.8. The summed E-state index contributed by atoms with van der Waals surface area (Å²) >= 11 is -1.03. The van der Waals surface area contributed by atoms with Crippen LogP contribution in [-0.2, 0) is 30.2 Å². The van der Waals surface area contributed by atoms with Crippen molar-refractivity contribution in [1.29, 1.82) is 0 Å². The molecule has 0 bridgehead atoms. The molecule has 0 heterocycles.